The molecule has 0 aliphatic heterocycles. The molecule has 0 aliphatic carbocycles. The molecule has 1 aromatic carbocycles. The summed E-state index contributed by atoms with van der Waals surface area (Å²) in [7, 11) is 0. The summed E-state index contributed by atoms with van der Waals surface area (Å²) in [5.74, 6) is 0.0507. The zero-order valence-electron chi connectivity index (χ0n) is 15.7. The van der Waals surface area contributed by atoms with E-state index in [1.54, 1.807) is 18.5 Å². The van der Waals surface area contributed by atoms with Crippen molar-refractivity contribution < 1.29 is 19.1 Å². The molecule has 0 radical (unpaired) electrons. The van der Waals surface area contributed by atoms with Crippen LogP contribution in [0.3, 0.4) is 0 Å². The second kappa shape index (κ2) is 10.8. The topological polar surface area (TPSA) is 89.5 Å². The van der Waals surface area contributed by atoms with Crippen LogP contribution < -0.4 is 20.1 Å². The lowest BCUT2D eigenvalue weighted by atomic mass is 10.1. The molecular formula is C20H25N3O4. The van der Waals surface area contributed by atoms with Crippen molar-refractivity contribution >= 4 is 11.8 Å². The molecular weight excluding hydrogens is 346 g/mol. The maximum absolute atomic E-state index is 11.9. The first kappa shape index (κ1) is 20.2. The Morgan fingerprint density at radius 3 is 2.41 bits per heavy atom. The number of pyridine rings is 1. The molecule has 0 aliphatic rings. The number of hydrogen-bond acceptors (Lipinski definition) is 5. The number of benzene rings is 1. The average molecular weight is 371 g/mol. The van der Waals surface area contributed by atoms with Gasteiger partial charge in [0.1, 0.15) is 0 Å². The van der Waals surface area contributed by atoms with Crippen molar-refractivity contribution in [3.05, 3.63) is 53.9 Å². The van der Waals surface area contributed by atoms with Crippen molar-refractivity contribution in [2.75, 3.05) is 19.8 Å². The van der Waals surface area contributed by atoms with E-state index >= 15 is 0 Å². The van der Waals surface area contributed by atoms with Crippen LogP contribution in [0.15, 0.2) is 42.7 Å². The lowest BCUT2D eigenvalue weighted by molar-refractivity contribution is -0.139. The lowest BCUT2D eigenvalue weighted by Gasteiger charge is -2.12. The molecule has 2 aromatic rings. The van der Waals surface area contributed by atoms with Crippen LogP contribution in [0.5, 0.6) is 11.5 Å². The first-order chi connectivity index (χ1) is 13.1. The lowest BCUT2D eigenvalue weighted by Crippen LogP contribution is -2.40. The number of rotatable bonds is 9. The second-order valence-corrected chi connectivity index (χ2v) is 5.70. The molecule has 27 heavy (non-hydrogen) atoms. The highest BCUT2D eigenvalue weighted by molar-refractivity contribution is 6.35. The number of amides is 2. The first-order valence-electron chi connectivity index (χ1n) is 8.97. The van der Waals surface area contributed by atoms with E-state index in [-0.39, 0.29) is 6.54 Å². The molecule has 1 aromatic heterocycles. The van der Waals surface area contributed by atoms with Crippen molar-refractivity contribution in [3.63, 3.8) is 0 Å². The Bertz CT molecular complexity index is 750. The third-order valence-corrected chi connectivity index (χ3v) is 3.69. The molecule has 0 bridgehead atoms. The Balaban J connectivity index is 1.80. The van der Waals surface area contributed by atoms with Gasteiger partial charge in [-0.15, -0.1) is 0 Å². The maximum Gasteiger partial charge on any atom is 0.309 e. The monoisotopic (exact) mass is 371 g/mol. The maximum atomic E-state index is 11.9. The fraction of sp³-hybridized carbons (Fsp3) is 0.350. The minimum atomic E-state index is -0.666. The molecule has 2 N–H and O–H groups in total. The Kier molecular flexibility index (Phi) is 8.09. The van der Waals surface area contributed by atoms with Crippen molar-refractivity contribution in [1.29, 1.82) is 0 Å². The van der Waals surface area contributed by atoms with Crippen LogP contribution >= 0.6 is 0 Å². The largest absolute Gasteiger partial charge is 0.490 e. The zero-order valence-corrected chi connectivity index (χ0v) is 15.7. The molecule has 0 atom stereocenters. The highest BCUT2D eigenvalue weighted by Crippen LogP contribution is 2.28. The number of aromatic nitrogens is 1. The van der Waals surface area contributed by atoms with E-state index in [4.69, 9.17) is 9.47 Å². The number of carbonyl (C=O) groups is 2. The molecule has 0 fully saturated rings. The molecule has 1 heterocycles. The molecule has 2 amide bonds. The summed E-state index contributed by atoms with van der Waals surface area (Å²) in [6, 6.07) is 9.26. The van der Waals surface area contributed by atoms with E-state index in [1.807, 2.05) is 38.1 Å². The summed E-state index contributed by atoms with van der Waals surface area (Å²) in [5.41, 5.74) is 1.81. The molecule has 7 heteroatoms. The minimum absolute atomic E-state index is 0.261. The number of carbonyl (C=O) groups excluding carboxylic acids is 2. The van der Waals surface area contributed by atoms with Crippen LogP contribution in [-0.2, 0) is 22.6 Å². The summed E-state index contributed by atoms with van der Waals surface area (Å²) in [6.07, 6.45) is 3.87. The van der Waals surface area contributed by atoms with Crippen LogP contribution in [0.25, 0.3) is 0 Å². The van der Waals surface area contributed by atoms with E-state index in [2.05, 4.69) is 15.6 Å². The average Bonchev–Trinajstić information content (AvgIpc) is 2.69. The SMILES string of the molecule is CCOc1ccc(CCNC(=O)C(=O)NCc2cccnc2)cc1OCC. The third-order valence-electron chi connectivity index (χ3n) is 3.69. The van der Waals surface area contributed by atoms with Gasteiger partial charge in [-0.3, -0.25) is 14.6 Å². The summed E-state index contributed by atoms with van der Waals surface area (Å²) in [4.78, 5) is 27.7. The highest BCUT2D eigenvalue weighted by atomic mass is 16.5. The summed E-state index contributed by atoms with van der Waals surface area (Å²) in [5, 5.41) is 5.19. The Labute approximate surface area is 159 Å². The van der Waals surface area contributed by atoms with Gasteiger partial charge in [-0.2, -0.15) is 0 Å². The smallest absolute Gasteiger partial charge is 0.309 e. The quantitative estimate of drug-likeness (QED) is 0.657. The van der Waals surface area contributed by atoms with Crippen LogP contribution in [0.4, 0.5) is 0 Å². The summed E-state index contributed by atoms with van der Waals surface area (Å²) >= 11 is 0. The van der Waals surface area contributed by atoms with Crippen molar-refractivity contribution in [1.82, 2.24) is 15.6 Å². The summed E-state index contributed by atoms with van der Waals surface area (Å²) in [6.45, 7) is 5.53. The third kappa shape index (κ3) is 6.62. The fourth-order valence-electron chi connectivity index (χ4n) is 2.42. The van der Waals surface area contributed by atoms with Gasteiger partial charge in [-0.1, -0.05) is 12.1 Å². The van der Waals surface area contributed by atoms with Gasteiger partial charge in [-0.25, -0.2) is 0 Å². The predicted octanol–water partition coefficient (Wildman–Crippen LogP) is 1.85. The van der Waals surface area contributed by atoms with Gasteiger partial charge in [0, 0.05) is 25.5 Å². The van der Waals surface area contributed by atoms with E-state index < -0.39 is 11.8 Å². The van der Waals surface area contributed by atoms with Gasteiger partial charge in [0.2, 0.25) is 0 Å². The highest BCUT2D eigenvalue weighted by Gasteiger charge is 2.13. The van der Waals surface area contributed by atoms with E-state index in [0.29, 0.717) is 37.7 Å². The predicted molar refractivity (Wildman–Crippen MR) is 102 cm³/mol. The fourth-order valence-corrected chi connectivity index (χ4v) is 2.42. The Hall–Kier alpha value is -3.09. The Morgan fingerprint density at radius 1 is 0.963 bits per heavy atom. The second-order valence-electron chi connectivity index (χ2n) is 5.70. The number of nitrogens with zero attached hydrogens (tertiary/aromatic N) is 1. The first-order valence-corrected chi connectivity index (χ1v) is 8.97. The molecule has 0 saturated heterocycles. The van der Waals surface area contributed by atoms with Crippen LogP contribution in [0.2, 0.25) is 0 Å². The number of ether oxygens (including phenoxy) is 2. The molecule has 0 saturated carbocycles. The van der Waals surface area contributed by atoms with Crippen LogP contribution in [0, 0.1) is 0 Å². The van der Waals surface area contributed by atoms with E-state index in [1.165, 1.54) is 0 Å². The van der Waals surface area contributed by atoms with Crippen LogP contribution in [-0.4, -0.2) is 36.6 Å². The molecule has 7 nitrogen and oxygen atoms in total. The van der Waals surface area contributed by atoms with Gasteiger partial charge < -0.3 is 20.1 Å². The normalized spacial score (nSPS) is 10.1. The van der Waals surface area contributed by atoms with Gasteiger partial charge in [-0.05, 0) is 49.6 Å². The standard InChI is InChI=1S/C20H25N3O4/c1-3-26-17-8-7-15(12-18(17)27-4-2)9-11-22-19(24)20(25)23-14-16-6-5-10-21-13-16/h5-8,10,12-13H,3-4,9,11,14H2,1-2H3,(H,22,24)(H,23,25). The van der Waals surface area contributed by atoms with E-state index in [0.717, 1.165) is 11.1 Å². The minimum Gasteiger partial charge on any atom is -0.490 e. The molecule has 0 spiro atoms. The van der Waals surface area contributed by atoms with Gasteiger partial charge in [0.05, 0.1) is 13.2 Å². The van der Waals surface area contributed by atoms with Crippen molar-refractivity contribution in [2.24, 2.45) is 0 Å². The molecule has 144 valence electrons. The Morgan fingerprint density at radius 2 is 1.70 bits per heavy atom. The van der Waals surface area contributed by atoms with Crippen molar-refractivity contribution in [3.8, 4) is 11.5 Å². The number of nitrogens with one attached hydrogen (secondary N) is 2. The molecule has 2 rings (SSSR count). The van der Waals surface area contributed by atoms with Gasteiger partial charge in [0.25, 0.3) is 0 Å². The van der Waals surface area contributed by atoms with Crippen LogP contribution in [0.1, 0.15) is 25.0 Å². The van der Waals surface area contributed by atoms with Gasteiger partial charge >= 0.3 is 11.8 Å². The zero-order chi connectivity index (χ0) is 19.5. The number of hydrogen-bond donors (Lipinski definition) is 2. The van der Waals surface area contributed by atoms with Crippen molar-refractivity contribution in [2.45, 2.75) is 26.8 Å². The molecule has 0 unspecified atom stereocenters. The van der Waals surface area contributed by atoms with E-state index in [9.17, 15) is 9.59 Å². The van der Waals surface area contributed by atoms with Gasteiger partial charge in [0.15, 0.2) is 11.5 Å². The summed E-state index contributed by atoms with van der Waals surface area (Å²) < 4.78 is 11.1.